The van der Waals surface area contributed by atoms with E-state index in [1.54, 1.807) is 20.8 Å². The minimum Gasteiger partial charge on any atom is -0.449 e. The van der Waals surface area contributed by atoms with E-state index in [0.29, 0.717) is 12.8 Å². The number of rotatable bonds is 5. The standard InChI is InChI=1S/C8H17NO4S/c1-4-7(5-2)14(11,12)9-8(10)13-6-3/h7H,4-6H2,1-3H3,(H,9,10). The maximum atomic E-state index is 11.5. The van der Waals surface area contributed by atoms with E-state index in [4.69, 9.17) is 0 Å². The Balaban J connectivity index is 4.40. The third kappa shape index (κ3) is 3.95. The van der Waals surface area contributed by atoms with Crippen LogP contribution in [0.15, 0.2) is 0 Å². The third-order valence-corrected chi connectivity index (χ3v) is 3.85. The normalized spacial score (nSPS) is 11.4. The van der Waals surface area contributed by atoms with Gasteiger partial charge in [-0.05, 0) is 19.8 Å². The minimum absolute atomic E-state index is 0.157. The topological polar surface area (TPSA) is 72.5 Å². The third-order valence-electron chi connectivity index (χ3n) is 1.85. The quantitative estimate of drug-likeness (QED) is 0.761. The maximum absolute atomic E-state index is 11.5. The molecule has 0 fully saturated rings. The number of carbonyl (C=O) groups is 1. The van der Waals surface area contributed by atoms with E-state index in [1.807, 2.05) is 4.72 Å². The van der Waals surface area contributed by atoms with E-state index in [0.717, 1.165) is 0 Å². The highest BCUT2D eigenvalue weighted by Crippen LogP contribution is 2.08. The van der Waals surface area contributed by atoms with Gasteiger partial charge in [-0.2, -0.15) is 0 Å². The summed E-state index contributed by atoms with van der Waals surface area (Å²) in [6.45, 7) is 5.30. The van der Waals surface area contributed by atoms with Gasteiger partial charge in [-0.15, -0.1) is 0 Å². The van der Waals surface area contributed by atoms with Crippen LogP contribution in [0.5, 0.6) is 0 Å². The second-order valence-corrected chi connectivity index (χ2v) is 4.77. The molecule has 0 bridgehead atoms. The minimum atomic E-state index is -3.57. The lowest BCUT2D eigenvalue weighted by molar-refractivity contribution is 0.158. The number of carbonyl (C=O) groups excluding carboxylic acids is 1. The number of amides is 1. The molecule has 0 aromatic carbocycles. The average Bonchev–Trinajstić information content (AvgIpc) is 2.04. The molecule has 0 aliphatic rings. The van der Waals surface area contributed by atoms with Crippen molar-refractivity contribution in [3.63, 3.8) is 0 Å². The average molecular weight is 223 g/mol. The molecule has 0 unspecified atom stereocenters. The fourth-order valence-electron chi connectivity index (χ4n) is 1.09. The second kappa shape index (κ2) is 5.85. The van der Waals surface area contributed by atoms with Gasteiger partial charge >= 0.3 is 6.09 Å². The predicted octanol–water partition coefficient (Wildman–Crippen LogP) is 1.25. The van der Waals surface area contributed by atoms with Crippen LogP contribution in [-0.4, -0.2) is 26.4 Å². The van der Waals surface area contributed by atoms with Gasteiger partial charge in [-0.1, -0.05) is 13.8 Å². The molecule has 0 aliphatic carbocycles. The largest absolute Gasteiger partial charge is 0.449 e. The molecule has 1 N–H and O–H groups in total. The van der Waals surface area contributed by atoms with E-state index < -0.39 is 21.4 Å². The van der Waals surface area contributed by atoms with Crippen LogP contribution in [0, 0.1) is 0 Å². The number of hydrogen-bond acceptors (Lipinski definition) is 4. The van der Waals surface area contributed by atoms with Crippen molar-refractivity contribution < 1.29 is 17.9 Å². The summed E-state index contributed by atoms with van der Waals surface area (Å²) in [5.41, 5.74) is 0. The first-order valence-corrected chi connectivity index (χ1v) is 6.20. The molecule has 1 amide bonds. The van der Waals surface area contributed by atoms with Crippen molar-refractivity contribution in [2.45, 2.75) is 38.9 Å². The Morgan fingerprint density at radius 2 is 1.79 bits per heavy atom. The van der Waals surface area contributed by atoms with Gasteiger partial charge in [0.05, 0.1) is 11.9 Å². The molecule has 0 aromatic rings. The summed E-state index contributed by atoms with van der Waals surface area (Å²) in [4.78, 5) is 10.9. The van der Waals surface area contributed by atoms with Crippen molar-refractivity contribution >= 4 is 16.1 Å². The molecule has 6 heteroatoms. The van der Waals surface area contributed by atoms with Crippen LogP contribution in [0.4, 0.5) is 4.79 Å². The van der Waals surface area contributed by atoms with Crippen LogP contribution in [0.25, 0.3) is 0 Å². The SMILES string of the molecule is CCOC(=O)NS(=O)(=O)C(CC)CC. The van der Waals surface area contributed by atoms with E-state index in [-0.39, 0.29) is 6.61 Å². The molecule has 0 heterocycles. The Labute approximate surface area is 84.9 Å². The zero-order valence-electron chi connectivity index (χ0n) is 8.74. The van der Waals surface area contributed by atoms with E-state index >= 15 is 0 Å². The summed E-state index contributed by atoms with van der Waals surface area (Å²) in [6, 6.07) is 0. The molecule has 84 valence electrons. The van der Waals surface area contributed by atoms with E-state index in [9.17, 15) is 13.2 Å². The summed E-state index contributed by atoms with van der Waals surface area (Å²) >= 11 is 0. The first-order chi connectivity index (χ1) is 6.47. The molecule has 0 spiro atoms. The Kier molecular flexibility index (Phi) is 5.52. The molecule has 0 atom stereocenters. The van der Waals surface area contributed by atoms with Crippen molar-refractivity contribution in [3.8, 4) is 0 Å². The Bertz CT molecular complexity index is 269. The van der Waals surface area contributed by atoms with Gasteiger partial charge in [0.2, 0.25) is 10.0 Å². The zero-order valence-corrected chi connectivity index (χ0v) is 9.56. The highest BCUT2D eigenvalue weighted by Gasteiger charge is 2.24. The summed E-state index contributed by atoms with van der Waals surface area (Å²) in [7, 11) is -3.57. The van der Waals surface area contributed by atoms with Gasteiger partial charge in [0, 0.05) is 0 Å². The zero-order chi connectivity index (χ0) is 11.2. The molecular formula is C8H17NO4S. The number of ether oxygens (including phenoxy) is 1. The lowest BCUT2D eigenvalue weighted by atomic mass is 10.3. The van der Waals surface area contributed by atoms with Crippen LogP contribution in [-0.2, 0) is 14.8 Å². The van der Waals surface area contributed by atoms with Crippen LogP contribution >= 0.6 is 0 Å². The fraction of sp³-hybridized carbons (Fsp3) is 0.875. The van der Waals surface area contributed by atoms with E-state index in [1.165, 1.54) is 0 Å². The molecule has 0 rings (SSSR count). The molecule has 0 aliphatic heterocycles. The molecule has 0 saturated carbocycles. The summed E-state index contributed by atoms with van der Waals surface area (Å²) < 4.78 is 29.3. The second-order valence-electron chi connectivity index (χ2n) is 2.81. The smallest absolute Gasteiger partial charge is 0.420 e. The van der Waals surface area contributed by atoms with Crippen molar-refractivity contribution in [1.29, 1.82) is 0 Å². The number of nitrogens with one attached hydrogen (secondary N) is 1. The van der Waals surface area contributed by atoms with Crippen LogP contribution in [0.1, 0.15) is 33.6 Å². The highest BCUT2D eigenvalue weighted by atomic mass is 32.2. The van der Waals surface area contributed by atoms with Gasteiger partial charge in [0.1, 0.15) is 0 Å². The van der Waals surface area contributed by atoms with Crippen molar-refractivity contribution in [3.05, 3.63) is 0 Å². The summed E-state index contributed by atoms with van der Waals surface area (Å²) in [6.07, 6.45) is 0.0515. The van der Waals surface area contributed by atoms with E-state index in [2.05, 4.69) is 4.74 Å². The first-order valence-electron chi connectivity index (χ1n) is 4.66. The molecular weight excluding hydrogens is 206 g/mol. The van der Waals surface area contributed by atoms with Crippen LogP contribution in [0.2, 0.25) is 0 Å². The Morgan fingerprint density at radius 1 is 1.29 bits per heavy atom. The Morgan fingerprint density at radius 3 is 2.14 bits per heavy atom. The first kappa shape index (κ1) is 13.2. The predicted molar refractivity (Wildman–Crippen MR) is 53.4 cm³/mol. The lowest BCUT2D eigenvalue weighted by Gasteiger charge is -2.13. The lowest BCUT2D eigenvalue weighted by Crippen LogP contribution is -2.38. The van der Waals surface area contributed by atoms with Crippen LogP contribution < -0.4 is 4.72 Å². The van der Waals surface area contributed by atoms with Gasteiger partial charge in [0.15, 0.2) is 0 Å². The molecule has 5 nitrogen and oxygen atoms in total. The molecule has 0 radical (unpaired) electrons. The fourth-order valence-corrected chi connectivity index (χ4v) is 2.42. The summed E-state index contributed by atoms with van der Waals surface area (Å²) in [5.74, 6) is 0. The van der Waals surface area contributed by atoms with Crippen LogP contribution in [0.3, 0.4) is 0 Å². The van der Waals surface area contributed by atoms with Gasteiger partial charge in [0.25, 0.3) is 0 Å². The molecule has 14 heavy (non-hydrogen) atoms. The Hall–Kier alpha value is -0.780. The maximum Gasteiger partial charge on any atom is 0.420 e. The van der Waals surface area contributed by atoms with Gasteiger partial charge in [-0.25, -0.2) is 17.9 Å². The monoisotopic (exact) mass is 223 g/mol. The highest BCUT2D eigenvalue weighted by molar-refractivity contribution is 7.90. The molecule has 0 aromatic heterocycles. The number of sulfonamides is 1. The van der Waals surface area contributed by atoms with Gasteiger partial charge in [-0.3, -0.25) is 0 Å². The van der Waals surface area contributed by atoms with Crippen molar-refractivity contribution in [2.24, 2.45) is 0 Å². The van der Waals surface area contributed by atoms with Crippen molar-refractivity contribution in [2.75, 3.05) is 6.61 Å². The number of hydrogen-bond donors (Lipinski definition) is 1. The summed E-state index contributed by atoms with van der Waals surface area (Å²) in [5, 5.41) is -0.535. The van der Waals surface area contributed by atoms with Crippen molar-refractivity contribution in [1.82, 2.24) is 4.72 Å². The molecule has 0 saturated heterocycles. The van der Waals surface area contributed by atoms with Gasteiger partial charge < -0.3 is 4.74 Å².